The van der Waals surface area contributed by atoms with Gasteiger partial charge in [-0.05, 0) is 56.1 Å². The lowest BCUT2D eigenvalue weighted by atomic mass is 9.73. The van der Waals surface area contributed by atoms with Crippen LogP contribution in [-0.2, 0) is 0 Å². The Bertz CT molecular complexity index is 256. The average molecular weight is 254 g/mol. The molecule has 3 heteroatoms. The standard InChI is InChI=1S/C15H30N2O/c1-15(2,3)13-6-9-17(11-14(13)18)10-12-4-7-16-8-5-12/h12-14,16,18H,4-11H2,1-3H3. The molecule has 0 radical (unpaired) electrons. The van der Waals surface area contributed by atoms with E-state index in [1.54, 1.807) is 0 Å². The molecule has 2 aliphatic rings. The minimum Gasteiger partial charge on any atom is -0.391 e. The van der Waals surface area contributed by atoms with Crippen LogP contribution in [0.1, 0.15) is 40.0 Å². The maximum absolute atomic E-state index is 10.4. The third-order valence-electron chi connectivity index (χ3n) is 4.75. The Morgan fingerprint density at radius 1 is 1.17 bits per heavy atom. The van der Waals surface area contributed by atoms with Crippen molar-refractivity contribution < 1.29 is 5.11 Å². The zero-order chi connectivity index (χ0) is 13.2. The first kappa shape index (κ1) is 14.3. The van der Waals surface area contributed by atoms with Crippen LogP contribution < -0.4 is 5.32 Å². The lowest BCUT2D eigenvalue weighted by Crippen LogP contribution is -2.49. The lowest BCUT2D eigenvalue weighted by molar-refractivity contribution is -0.0289. The molecule has 106 valence electrons. The number of nitrogens with zero attached hydrogens (tertiary/aromatic N) is 1. The smallest absolute Gasteiger partial charge is 0.0700 e. The molecule has 2 aliphatic heterocycles. The number of likely N-dealkylation sites (tertiary alicyclic amines) is 1. The molecule has 2 saturated heterocycles. The van der Waals surface area contributed by atoms with E-state index in [9.17, 15) is 5.11 Å². The van der Waals surface area contributed by atoms with Crippen LogP contribution >= 0.6 is 0 Å². The highest BCUT2D eigenvalue weighted by Gasteiger charge is 2.36. The summed E-state index contributed by atoms with van der Waals surface area (Å²) < 4.78 is 0. The normalized spacial score (nSPS) is 32.7. The van der Waals surface area contributed by atoms with Gasteiger partial charge in [0.2, 0.25) is 0 Å². The number of aliphatic hydroxyl groups is 1. The molecule has 0 aromatic heterocycles. The van der Waals surface area contributed by atoms with E-state index in [2.05, 4.69) is 31.0 Å². The Morgan fingerprint density at radius 2 is 1.83 bits per heavy atom. The van der Waals surface area contributed by atoms with Crippen LogP contribution in [0.5, 0.6) is 0 Å². The molecule has 0 amide bonds. The summed E-state index contributed by atoms with van der Waals surface area (Å²) in [7, 11) is 0. The number of nitrogens with one attached hydrogen (secondary N) is 1. The molecule has 2 fully saturated rings. The summed E-state index contributed by atoms with van der Waals surface area (Å²) in [5.41, 5.74) is 0.236. The van der Waals surface area contributed by atoms with Gasteiger partial charge >= 0.3 is 0 Å². The molecule has 0 aliphatic carbocycles. The van der Waals surface area contributed by atoms with Crippen molar-refractivity contribution in [3.8, 4) is 0 Å². The Morgan fingerprint density at radius 3 is 2.39 bits per heavy atom. The van der Waals surface area contributed by atoms with E-state index in [1.165, 1.54) is 39.0 Å². The van der Waals surface area contributed by atoms with E-state index >= 15 is 0 Å². The van der Waals surface area contributed by atoms with Crippen LogP contribution in [0.3, 0.4) is 0 Å². The van der Waals surface area contributed by atoms with Crippen molar-refractivity contribution in [3.63, 3.8) is 0 Å². The van der Waals surface area contributed by atoms with E-state index in [4.69, 9.17) is 0 Å². The van der Waals surface area contributed by atoms with Gasteiger partial charge in [-0.25, -0.2) is 0 Å². The van der Waals surface area contributed by atoms with Gasteiger partial charge in [0, 0.05) is 13.1 Å². The molecule has 0 aromatic carbocycles. The quantitative estimate of drug-likeness (QED) is 0.787. The molecular formula is C15H30N2O. The van der Waals surface area contributed by atoms with E-state index in [1.807, 2.05) is 0 Å². The second kappa shape index (κ2) is 5.89. The highest BCUT2D eigenvalue weighted by molar-refractivity contribution is 4.88. The van der Waals surface area contributed by atoms with Gasteiger partial charge in [0.1, 0.15) is 0 Å². The first-order valence-corrected chi connectivity index (χ1v) is 7.58. The zero-order valence-electron chi connectivity index (χ0n) is 12.3. The Kier molecular flexibility index (Phi) is 4.68. The van der Waals surface area contributed by atoms with Crippen molar-refractivity contribution in [2.24, 2.45) is 17.3 Å². The van der Waals surface area contributed by atoms with Gasteiger partial charge in [-0.15, -0.1) is 0 Å². The highest BCUT2D eigenvalue weighted by Crippen LogP contribution is 2.34. The van der Waals surface area contributed by atoms with E-state index in [0.29, 0.717) is 5.92 Å². The van der Waals surface area contributed by atoms with Crippen LogP contribution in [-0.4, -0.2) is 48.8 Å². The second-order valence-electron chi connectivity index (χ2n) is 7.28. The summed E-state index contributed by atoms with van der Waals surface area (Å²) in [5.74, 6) is 1.30. The number of aliphatic hydroxyl groups excluding tert-OH is 1. The lowest BCUT2D eigenvalue weighted by Gasteiger charge is -2.43. The topological polar surface area (TPSA) is 35.5 Å². The third kappa shape index (κ3) is 3.69. The fourth-order valence-electron chi connectivity index (χ4n) is 3.60. The van der Waals surface area contributed by atoms with Crippen molar-refractivity contribution in [2.75, 3.05) is 32.7 Å². The summed E-state index contributed by atoms with van der Waals surface area (Å²) in [5, 5.41) is 13.8. The highest BCUT2D eigenvalue weighted by atomic mass is 16.3. The number of hydrogen-bond donors (Lipinski definition) is 2. The van der Waals surface area contributed by atoms with Crippen molar-refractivity contribution >= 4 is 0 Å². The summed E-state index contributed by atoms with van der Waals surface area (Å²) in [4.78, 5) is 2.49. The van der Waals surface area contributed by atoms with Crippen molar-refractivity contribution in [1.29, 1.82) is 0 Å². The number of piperidine rings is 2. The van der Waals surface area contributed by atoms with Crippen molar-refractivity contribution in [2.45, 2.75) is 46.1 Å². The first-order valence-electron chi connectivity index (χ1n) is 7.58. The van der Waals surface area contributed by atoms with Crippen LogP contribution in [0.2, 0.25) is 0 Å². The predicted octanol–water partition coefficient (Wildman–Crippen LogP) is 1.71. The second-order valence-corrected chi connectivity index (χ2v) is 7.28. The molecule has 3 nitrogen and oxygen atoms in total. The summed E-state index contributed by atoms with van der Waals surface area (Å²) >= 11 is 0. The molecule has 2 unspecified atom stereocenters. The van der Waals surface area contributed by atoms with E-state index < -0.39 is 0 Å². The molecule has 2 rings (SSSR count). The molecule has 2 N–H and O–H groups in total. The largest absolute Gasteiger partial charge is 0.391 e. The maximum atomic E-state index is 10.4. The summed E-state index contributed by atoms with van der Waals surface area (Å²) in [6.07, 6.45) is 3.61. The Balaban J connectivity index is 1.80. The van der Waals surface area contributed by atoms with Gasteiger partial charge in [-0.1, -0.05) is 20.8 Å². The van der Waals surface area contributed by atoms with Crippen LogP contribution in [0.4, 0.5) is 0 Å². The third-order valence-corrected chi connectivity index (χ3v) is 4.75. The molecule has 0 bridgehead atoms. The minimum absolute atomic E-state index is 0.138. The van der Waals surface area contributed by atoms with Gasteiger partial charge in [0.25, 0.3) is 0 Å². The predicted molar refractivity (Wildman–Crippen MR) is 75.6 cm³/mol. The number of rotatable bonds is 2. The SMILES string of the molecule is CC(C)(C)C1CCN(CC2CCNCC2)CC1O. The average Bonchev–Trinajstić information content (AvgIpc) is 2.28. The van der Waals surface area contributed by atoms with Crippen molar-refractivity contribution in [1.82, 2.24) is 10.2 Å². The molecular weight excluding hydrogens is 224 g/mol. The Hall–Kier alpha value is -0.120. The van der Waals surface area contributed by atoms with Crippen LogP contribution in [0.25, 0.3) is 0 Å². The Labute approximate surface area is 112 Å². The van der Waals surface area contributed by atoms with Gasteiger partial charge in [-0.2, -0.15) is 0 Å². The first-order chi connectivity index (χ1) is 8.47. The van der Waals surface area contributed by atoms with Gasteiger partial charge < -0.3 is 15.3 Å². The van der Waals surface area contributed by atoms with Crippen LogP contribution in [0, 0.1) is 17.3 Å². The van der Waals surface area contributed by atoms with Crippen LogP contribution in [0.15, 0.2) is 0 Å². The minimum atomic E-state index is -0.138. The summed E-state index contributed by atoms with van der Waals surface area (Å²) in [6, 6.07) is 0. The van der Waals surface area contributed by atoms with Gasteiger partial charge in [0.05, 0.1) is 6.10 Å². The maximum Gasteiger partial charge on any atom is 0.0700 e. The fourth-order valence-corrected chi connectivity index (χ4v) is 3.60. The monoisotopic (exact) mass is 254 g/mol. The van der Waals surface area contributed by atoms with E-state index in [-0.39, 0.29) is 11.5 Å². The molecule has 18 heavy (non-hydrogen) atoms. The zero-order valence-corrected chi connectivity index (χ0v) is 12.3. The molecule has 0 aromatic rings. The molecule has 2 atom stereocenters. The van der Waals surface area contributed by atoms with Gasteiger partial charge in [-0.3, -0.25) is 0 Å². The summed E-state index contributed by atoms with van der Waals surface area (Å²) in [6.45, 7) is 12.3. The fraction of sp³-hybridized carbons (Fsp3) is 1.00. The van der Waals surface area contributed by atoms with E-state index in [0.717, 1.165) is 18.9 Å². The number of hydrogen-bond acceptors (Lipinski definition) is 3. The van der Waals surface area contributed by atoms with Gasteiger partial charge in [0.15, 0.2) is 0 Å². The molecule has 0 saturated carbocycles. The molecule has 2 heterocycles. The molecule has 0 spiro atoms. The van der Waals surface area contributed by atoms with Crippen molar-refractivity contribution in [3.05, 3.63) is 0 Å². The number of β-amino-alcohol motifs (C(OH)–C–C–N with tert-alkyl or cyclic N) is 1.